The van der Waals surface area contributed by atoms with Crippen molar-refractivity contribution in [2.24, 2.45) is 5.92 Å². The van der Waals surface area contributed by atoms with E-state index in [-0.39, 0.29) is 6.10 Å². The second-order valence-corrected chi connectivity index (χ2v) is 6.01. The van der Waals surface area contributed by atoms with Gasteiger partial charge in [0.2, 0.25) is 0 Å². The van der Waals surface area contributed by atoms with Gasteiger partial charge in [-0.25, -0.2) is 0 Å². The highest BCUT2D eigenvalue weighted by atomic mass is 16.5. The van der Waals surface area contributed by atoms with Crippen molar-refractivity contribution in [2.45, 2.75) is 51.7 Å². The van der Waals surface area contributed by atoms with E-state index >= 15 is 0 Å². The Hall–Kier alpha value is -1.06. The van der Waals surface area contributed by atoms with Crippen LogP contribution in [0.2, 0.25) is 0 Å². The quantitative estimate of drug-likeness (QED) is 0.825. The molecule has 1 fully saturated rings. The van der Waals surface area contributed by atoms with Crippen molar-refractivity contribution in [1.82, 2.24) is 5.32 Å². The van der Waals surface area contributed by atoms with Crippen molar-refractivity contribution in [2.75, 3.05) is 20.2 Å². The molecule has 0 bridgehead atoms. The van der Waals surface area contributed by atoms with Crippen LogP contribution in [0.3, 0.4) is 0 Å². The van der Waals surface area contributed by atoms with Crippen molar-refractivity contribution in [3.63, 3.8) is 0 Å². The van der Waals surface area contributed by atoms with Crippen LogP contribution in [0.4, 0.5) is 0 Å². The third-order valence-electron chi connectivity index (χ3n) is 4.42. The topological polar surface area (TPSA) is 30.5 Å². The van der Waals surface area contributed by atoms with Crippen LogP contribution in [0.15, 0.2) is 24.3 Å². The number of nitrogens with one attached hydrogen (secondary N) is 1. The smallest absolute Gasteiger partial charge is 0.119 e. The maximum atomic E-state index is 6.47. The van der Waals surface area contributed by atoms with Gasteiger partial charge in [-0.2, -0.15) is 0 Å². The molecule has 1 aromatic carbocycles. The van der Waals surface area contributed by atoms with Gasteiger partial charge in [-0.05, 0) is 43.0 Å². The number of rotatable bonds is 7. The molecule has 0 aliphatic heterocycles. The molecular formula is C18H29NO2. The summed E-state index contributed by atoms with van der Waals surface area (Å²) in [6, 6.07) is 8.26. The summed E-state index contributed by atoms with van der Waals surface area (Å²) in [7, 11) is 1.71. The highest BCUT2D eigenvalue weighted by Crippen LogP contribution is 2.31. The van der Waals surface area contributed by atoms with E-state index in [9.17, 15) is 0 Å². The molecule has 1 saturated carbocycles. The number of hydrogen-bond donors (Lipinski definition) is 1. The zero-order valence-electron chi connectivity index (χ0n) is 13.6. The van der Waals surface area contributed by atoms with E-state index in [1.807, 2.05) is 12.1 Å². The predicted molar refractivity (Wildman–Crippen MR) is 86.8 cm³/mol. The standard InChI is InChI=1S/C18H29NO2/c1-4-19-13-18(15-9-7-10-16(12-15)20-3)21-17-11-6-5-8-14(17)2/h7,9-10,12,14,17-19H,4-6,8,11,13H2,1-3H3. The third kappa shape index (κ3) is 4.72. The Morgan fingerprint density at radius 3 is 2.81 bits per heavy atom. The second kappa shape index (κ2) is 8.40. The molecule has 3 nitrogen and oxygen atoms in total. The van der Waals surface area contributed by atoms with Gasteiger partial charge in [-0.15, -0.1) is 0 Å². The molecule has 1 aliphatic carbocycles. The minimum atomic E-state index is 0.102. The molecule has 1 aromatic rings. The van der Waals surface area contributed by atoms with E-state index in [1.165, 1.54) is 31.2 Å². The summed E-state index contributed by atoms with van der Waals surface area (Å²) in [5, 5.41) is 3.42. The molecular weight excluding hydrogens is 262 g/mol. The summed E-state index contributed by atoms with van der Waals surface area (Å²) >= 11 is 0. The van der Waals surface area contributed by atoms with Crippen LogP contribution < -0.4 is 10.1 Å². The van der Waals surface area contributed by atoms with Crippen molar-refractivity contribution >= 4 is 0 Å². The Balaban J connectivity index is 2.08. The van der Waals surface area contributed by atoms with Gasteiger partial charge in [0.1, 0.15) is 5.75 Å². The first kappa shape index (κ1) is 16.3. The molecule has 3 atom stereocenters. The number of methoxy groups -OCH3 is 1. The normalized spacial score (nSPS) is 23.8. The van der Waals surface area contributed by atoms with E-state index < -0.39 is 0 Å². The minimum absolute atomic E-state index is 0.102. The molecule has 0 spiro atoms. The number of benzene rings is 1. The zero-order valence-corrected chi connectivity index (χ0v) is 13.6. The lowest BCUT2D eigenvalue weighted by molar-refractivity contribution is -0.0563. The van der Waals surface area contributed by atoms with E-state index in [1.54, 1.807) is 7.11 Å². The first-order valence-electron chi connectivity index (χ1n) is 8.24. The Labute approximate surface area is 129 Å². The molecule has 3 unspecified atom stereocenters. The van der Waals surface area contributed by atoms with Crippen LogP contribution in [0.1, 0.15) is 51.2 Å². The zero-order chi connectivity index (χ0) is 15.1. The van der Waals surface area contributed by atoms with Crippen LogP contribution in [0.25, 0.3) is 0 Å². The van der Waals surface area contributed by atoms with Gasteiger partial charge in [0, 0.05) is 6.54 Å². The molecule has 118 valence electrons. The summed E-state index contributed by atoms with van der Waals surface area (Å²) in [6.07, 6.45) is 5.60. The lowest BCUT2D eigenvalue weighted by Gasteiger charge is -2.33. The summed E-state index contributed by atoms with van der Waals surface area (Å²) in [6.45, 7) is 6.27. The monoisotopic (exact) mass is 291 g/mol. The molecule has 0 saturated heterocycles. The average Bonchev–Trinajstić information content (AvgIpc) is 2.53. The number of hydrogen-bond acceptors (Lipinski definition) is 3. The van der Waals surface area contributed by atoms with Gasteiger partial charge < -0.3 is 14.8 Å². The Morgan fingerprint density at radius 2 is 2.10 bits per heavy atom. The molecule has 3 heteroatoms. The Bertz CT molecular complexity index is 421. The van der Waals surface area contributed by atoms with E-state index in [0.29, 0.717) is 12.0 Å². The van der Waals surface area contributed by atoms with Crippen LogP contribution >= 0.6 is 0 Å². The molecule has 0 radical (unpaired) electrons. The largest absolute Gasteiger partial charge is 0.497 e. The minimum Gasteiger partial charge on any atom is -0.497 e. The van der Waals surface area contributed by atoms with Crippen molar-refractivity contribution in [3.8, 4) is 5.75 Å². The van der Waals surface area contributed by atoms with Crippen molar-refractivity contribution < 1.29 is 9.47 Å². The third-order valence-corrected chi connectivity index (χ3v) is 4.42. The molecule has 1 N–H and O–H groups in total. The number of ether oxygens (including phenoxy) is 2. The first-order chi connectivity index (χ1) is 10.2. The number of likely N-dealkylation sites (N-methyl/N-ethyl adjacent to an activating group) is 1. The van der Waals surface area contributed by atoms with Gasteiger partial charge in [0.15, 0.2) is 0 Å². The van der Waals surface area contributed by atoms with Gasteiger partial charge in [-0.1, -0.05) is 38.8 Å². The summed E-state index contributed by atoms with van der Waals surface area (Å²) < 4.78 is 11.8. The average molecular weight is 291 g/mol. The fourth-order valence-electron chi connectivity index (χ4n) is 3.06. The van der Waals surface area contributed by atoms with E-state index in [4.69, 9.17) is 9.47 Å². The van der Waals surface area contributed by atoms with E-state index in [0.717, 1.165) is 18.8 Å². The predicted octanol–water partition coefficient (Wildman–Crippen LogP) is 3.94. The molecule has 0 amide bonds. The van der Waals surface area contributed by atoms with Gasteiger partial charge in [0.25, 0.3) is 0 Å². The maximum absolute atomic E-state index is 6.47. The van der Waals surface area contributed by atoms with E-state index in [2.05, 4.69) is 31.3 Å². The second-order valence-electron chi connectivity index (χ2n) is 6.01. The summed E-state index contributed by atoms with van der Waals surface area (Å²) in [5.74, 6) is 1.56. The first-order valence-corrected chi connectivity index (χ1v) is 8.24. The fraction of sp³-hybridized carbons (Fsp3) is 0.667. The van der Waals surface area contributed by atoms with Gasteiger partial charge >= 0.3 is 0 Å². The highest BCUT2D eigenvalue weighted by molar-refractivity contribution is 5.30. The lowest BCUT2D eigenvalue weighted by atomic mass is 9.87. The van der Waals surface area contributed by atoms with Crippen LogP contribution in [-0.4, -0.2) is 26.3 Å². The van der Waals surface area contributed by atoms with Crippen molar-refractivity contribution in [1.29, 1.82) is 0 Å². The highest BCUT2D eigenvalue weighted by Gasteiger charge is 2.25. The fourth-order valence-corrected chi connectivity index (χ4v) is 3.06. The molecule has 21 heavy (non-hydrogen) atoms. The summed E-state index contributed by atoms with van der Waals surface area (Å²) in [5.41, 5.74) is 1.20. The Kier molecular flexibility index (Phi) is 6.52. The molecule has 2 rings (SSSR count). The van der Waals surface area contributed by atoms with Crippen LogP contribution in [-0.2, 0) is 4.74 Å². The summed E-state index contributed by atoms with van der Waals surface area (Å²) in [4.78, 5) is 0. The Morgan fingerprint density at radius 1 is 1.29 bits per heavy atom. The van der Waals surface area contributed by atoms with Crippen molar-refractivity contribution in [3.05, 3.63) is 29.8 Å². The SMILES string of the molecule is CCNCC(OC1CCCCC1C)c1cccc(OC)c1. The van der Waals surface area contributed by atoms with Crippen LogP contribution in [0, 0.1) is 5.92 Å². The van der Waals surface area contributed by atoms with Gasteiger partial charge in [0.05, 0.1) is 19.3 Å². The lowest BCUT2D eigenvalue weighted by Crippen LogP contribution is -2.31. The molecule has 1 aliphatic rings. The maximum Gasteiger partial charge on any atom is 0.119 e. The molecule has 0 heterocycles. The van der Waals surface area contributed by atoms with Crippen LogP contribution in [0.5, 0.6) is 5.75 Å². The molecule has 0 aromatic heterocycles. The van der Waals surface area contributed by atoms with Gasteiger partial charge in [-0.3, -0.25) is 0 Å².